The van der Waals surface area contributed by atoms with Gasteiger partial charge in [0.05, 0.1) is 0 Å². The summed E-state index contributed by atoms with van der Waals surface area (Å²) in [5, 5.41) is 7.70. The minimum absolute atomic E-state index is 0.00228. The van der Waals surface area contributed by atoms with Crippen LogP contribution >= 0.6 is 15.9 Å². The quantitative estimate of drug-likeness (QED) is 0.399. The third kappa shape index (κ3) is 7.42. The van der Waals surface area contributed by atoms with Crippen molar-refractivity contribution in [1.29, 1.82) is 0 Å². The first-order valence-corrected chi connectivity index (χ1v) is 16.5. The number of likely N-dealkylation sites (tertiary alicyclic amines) is 1. The fourth-order valence-electron chi connectivity index (χ4n) is 4.35. The van der Waals surface area contributed by atoms with Crippen molar-refractivity contribution in [2.24, 2.45) is 11.8 Å². The Morgan fingerprint density at radius 2 is 1.81 bits per heavy atom. The maximum Gasteiger partial charge on any atom is 0.274 e. The molecule has 2 amide bonds. The average molecular weight is 528 g/mol. The summed E-state index contributed by atoms with van der Waals surface area (Å²) in [6, 6.07) is 3.18. The van der Waals surface area contributed by atoms with E-state index in [-0.39, 0.29) is 17.7 Å². The van der Waals surface area contributed by atoms with Crippen molar-refractivity contribution in [3.05, 3.63) is 16.4 Å². The highest BCUT2D eigenvalue weighted by Crippen LogP contribution is 2.25. The molecular formula is C23H39BrN4O3Si. The van der Waals surface area contributed by atoms with Crippen LogP contribution in [0.25, 0.3) is 0 Å². The van der Waals surface area contributed by atoms with Gasteiger partial charge in [0, 0.05) is 45.8 Å². The van der Waals surface area contributed by atoms with E-state index >= 15 is 0 Å². The van der Waals surface area contributed by atoms with Crippen molar-refractivity contribution < 1.29 is 14.3 Å². The number of ether oxygens (including phenoxy) is 1. The molecule has 32 heavy (non-hydrogen) atoms. The molecule has 0 spiro atoms. The molecule has 1 aromatic heterocycles. The van der Waals surface area contributed by atoms with Crippen LogP contribution < -0.4 is 5.32 Å². The minimum atomic E-state index is -1.13. The van der Waals surface area contributed by atoms with Gasteiger partial charge in [-0.05, 0) is 66.4 Å². The van der Waals surface area contributed by atoms with Gasteiger partial charge < -0.3 is 15.0 Å². The molecule has 0 bridgehead atoms. The topological polar surface area (TPSA) is 76.5 Å². The Morgan fingerprint density at radius 3 is 2.44 bits per heavy atom. The smallest absolute Gasteiger partial charge is 0.274 e. The van der Waals surface area contributed by atoms with Crippen molar-refractivity contribution in [2.75, 3.05) is 19.7 Å². The molecule has 1 saturated carbocycles. The van der Waals surface area contributed by atoms with Gasteiger partial charge in [0.2, 0.25) is 5.91 Å². The summed E-state index contributed by atoms with van der Waals surface area (Å²) in [6.45, 7) is 11.5. The molecule has 0 aromatic carbocycles. The number of halogens is 1. The Bertz CT molecular complexity index is 779. The average Bonchev–Trinajstić information content (AvgIpc) is 3.12. The number of nitrogens with one attached hydrogen (secondary N) is 1. The van der Waals surface area contributed by atoms with Crippen molar-refractivity contribution in [3.8, 4) is 0 Å². The second kappa shape index (κ2) is 11.3. The van der Waals surface area contributed by atoms with E-state index in [1.54, 1.807) is 10.7 Å². The molecule has 2 heterocycles. The van der Waals surface area contributed by atoms with Crippen LogP contribution in [0.1, 0.15) is 55.9 Å². The summed E-state index contributed by atoms with van der Waals surface area (Å²) in [7, 11) is -1.13. The first-order chi connectivity index (χ1) is 15.1. The maximum absolute atomic E-state index is 12.9. The molecular weight excluding hydrogens is 488 g/mol. The summed E-state index contributed by atoms with van der Waals surface area (Å²) in [5.41, 5.74) is 0.421. The van der Waals surface area contributed by atoms with Gasteiger partial charge >= 0.3 is 0 Å². The van der Waals surface area contributed by atoms with E-state index in [4.69, 9.17) is 4.74 Å². The third-order valence-corrected chi connectivity index (χ3v) is 9.02. The summed E-state index contributed by atoms with van der Waals surface area (Å²) in [6.07, 6.45) is 5.99. The minimum Gasteiger partial charge on any atom is -0.359 e. The van der Waals surface area contributed by atoms with E-state index in [0.717, 1.165) is 29.4 Å². The Hall–Kier alpha value is -1.19. The molecule has 2 fully saturated rings. The number of rotatable bonds is 8. The van der Waals surface area contributed by atoms with Crippen molar-refractivity contribution >= 4 is 35.8 Å². The number of piperidine rings is 1. The normalized spacial score (nSPS) is 22.7. The van der Waals surface area contributed by atoms with E-state index in [1.807, 2.05) is 4.90 Å². The molecule has 9 heteroatoms. The second-order valence-corrected chi connectivity index (χ2v) is 17.2. The summed E-state index contributed by atoms with van der Waals surface area (Å²) >= 11 is 3.49. The van der Waals surface area contributed by atoms with Gasteiger partial charge in [-0.2, -0.15) is 5.10 Å². The summed E-state index contributed by atoms with van der Waals surface area (Å²) in [5.74, 6) is 0.867. The van der Waals surface area contributed by atoms with Crippen LogP contribution in [0.3, 0.4) is 0 Å². The summed E-state index contributed by atoms with van der Waals surface area (Å²) < 4.78 is 8.18. The molecule has 3 rings (SSSR count). The lowest BCUT2D eigenvalue weighted by Crippen LogP contribution is -2.46. The van der Waals surface area contributed by atoms with Gasteiger partial charge in [0.1, 0.15) is 11.3 Å². The Balaban J connectivity index is 1.44. The number of hydrogen-bond acceptors (Lipinski definition) is 4. The van der Waals surface area contributed by atoms with Gasteiger partial charge in [-0.15, -0.1) is 0 Å². The zero-order chi connectivity index (χ0) is 23.3. The van der Waals surface area contributed by atoms with E-state index in [9.17, 15) is 9.59 Å². The van der Waals surface area contributed by atoms with Gasteiger partial charge in [0.15, 0.2) is 5.69 Å². The molecule has 0 atom stereocenters. The van der Waals surface area contributed by atoms with E-state index in [0.29, 0.717) is 51.0 Å². The van der Waals surface area contributed by atoms with Crippen molar-refractivity contribution in [2.45, 2.75) is 83.9 Å². The van der Waals surface area contributed by atoms with E-state index in [1.165, 1.54) is 12.8 Å². The maximum atomic E-state index is 12.9. The van der Waals surface area contributed by atoms with Gasteiger partial charge in [-0.3, -0.25) is 9.59 Å². The standard InChI is InChI=1S/C23H39BrN4O3Si/c1-17-5-7-19(8-6-17)25-22(29)18-9-11-27(12-10-18)23(30)20-15-21(24)28(26-20)16-31-13-14-32(2,3)4/h15,17-19H,5-14,16H2,1-4H3,(H,25,29). The number of carbonyl (C=O) groups is 2. The van der Waals surface area contributed by atoms with Gasteiger partial charge in [0.25, 0.3) is 5.91 Å². The number of carbonyl (C=O) groups excluding carboxylic acids is 2. The van der Waals surface area contributed by atoms with Gasteiger partial charge in [-0.25, -0.2) is 4.68 Å². The number of nitrogens with zero attached hydrogens (tertiary/aromatic N) is 3. The highest BCUT2D eigenvalue weighted by atomic mass is 79.9. The molecule has 0 radical (unpaired) electrons. The molecule has 7 nitrogen and oxygen atoms in total. The Kier molecular flexibility index (Phi) is 8.97. The van der Waals surface area contributed by atoms with E-state index < -0.39 is 8.07 Å². The fourth-order valence-corrected chi connectivity index (χ4v) is 5.50. The third-order valence-electron chi connectivity index (χ3n) is 6.68. The van der Waals surface area contributed by atoms with Crippen molar-refractivity contribution in [1.82, 2.24) is 20.0 Å². The molecule has 1 N–H and O–H groups in total. The van der Waals surface area contributed by atoms with Crippen LogP contribution in [0, 0.1) is 11.8 Å². The van der Waals surface area contributed by atoms with Crippen LogP contribution in [0.4, 0.5) is 0 Å². The van der Waals surface area contributed by atoms with Crippen LogP contribution in [-0.4, -0.2) is 60.3 Å². The zero-order valence-electron chi connectivity index (χ0n) is 20.0. The lowest BCUT2D eigenvalue weighted by atomic mass is 9.86. The SMILES string of the molecule is CC1CCC(NC(=O)C2CCN(C(=O)c3cc(Br)n(COCC[Si](C)(C)C)n3)CC2)CC1. The second-order valence-electron chi connectivity index (χ2n) is 10.7. The van der Waals surface area contributed by atoms with Crippen LogP contribution in [-0.2, 0) is 16.3 Å². The molecule has 1 aromatic rings. The van der Waals surface area contributed by atoms with Crippen LogP contribution in [0.2, 0.25) is 25.7 Å². The predicted octanol–water partition coefficient (Wildman–Crippen LogP) is 4.51. The fraction of sp³-hybridized carbons (Fsp3) is 0.783. The van der Waals surface area contributed by atoms with E-state index in [2.05, 4.69) is 52.9 Å². The molecule has 180 valence electrons. The molecule has 1 aliphatic carbocycles. The molecule has 2 aliphatic rings. The number of amides is 2. The monoisotopic (exact) mass is 526 g/mol. The predicted molar refractivity (Wildman–Crippen MR) is 132 cm³/mol. The molecule has 1 saturated heterocycles. The molecule has 1 aliphatic heterocycles. The number of hydrogen-bond donors (Lipinski definition) is 1. The first kappa shape index (κ1) is 25.4. The van der Waals surface area contributed by atoms with Gasteiger partial charge in [-0.1, -0.05) is 26.6 Å². The Morgan fingerprint density at radius 1 is 1.16 bits per heavy atom. The summed E-state index contributed by atoms with van der Waals surface area (Å²) in [4.78, 5) is 27.4. The van der Waals surface area contributed by atoms with Crippen LogP contribution in [0.15, 0.2) is 10.7 Å². The highest BCUT2D eigenvalue weighted by Gasteiger charge is 2.30. The largest absolute Gasteiger partial charge is 0.359 e. The Labute approximate surface area is 201 Å². The zero-order valence-corrected chi connectivity index (χ0v) is 22.6. The first-order valence-electron chi connectivity index (χ1n) is 12.0. The highest BCUT2D eigenvalue weighted by molar-refractivity contribution is 9.10. The van der Waals surface area contributed by atoms with Crippen LogP contribution in [0.5, 0.6) is 0 Å². The lowest BCUT2D eigenvalue weighted by molar-refractivity contribution is -0.127. The molecule has 0 unspecified atom stereocenters. The van der Waals surface area contributed by atoms with Crippen molar-refractivity contribution in [3.63, 3.8) is 0 Å². The lowest BCUT2D eigenvalue weighted by Gasteiger charge is -2.33. The number of aromatic nitrogens is 2.